The number of hydrogen-bond acceptors (Lipinski definition) is 7. The highest BCUT2D eigenvalue weighted by Gasteiger charge is 2.23. The molecule has 0 unspecified atom stereocenters. The van der Waals surface area contributed by atoms with Crippen molar-refractivity contribution in [2.75, 3.05) is 38.7 Å². The Labute approximate surface area is 197 Å². The molecular formula is C24H27N5O3S. The molecule has 5 rings (SSSR count). The molecule has 1 amide bonds. The molecule has 3 heterocycles. The fourth-order valence-electron chi connectivity index (χ4n) is 4.15. The minimum absolute atomic E-state index is 0.142. The summed E-state index contributed by atoms with van der Waals surface area (Å²) in [5, 5.41) is 9.38. The number of carbonyl (C=O) groups excluding carboxylic acids is 1. The van der Waals surface area contributed by atoms with Crippen LogP contribution in [0.3, 0.4) is 0 Å². The van der Waals surface area contributed by atoms with E-state index in [4.69, 9.17) is 9.47 Å². The maximum atomic E-state index is 12.8. The molecule has 0 atom stereocenters. The molecule has 1 aromatic heterocycles. The number of piperazine rings is 1. The van der Waals surface area contributed by atoms with Crippen LogP contribution in [0, 0.1) is 6.92 Å². The lowest BCUT2D eigenvalue weighted by molar-refractivity contribution is -0.130. The molecule has 0 radical (unpaired) electrons. The average molecular weight is 466 g/mol. The monoisotopic (exact) mass is 465 g/mol. The van der Waals surface area contributed by atoms with Crippen LogP contribution in [-0.2, 0) is 18.4 Å². The number of aromatic nitrogens is 3. The molecule has 8 nitrogen and oxygen atoms in total. The summed E-state index contributed by atoms with van der Waals surface area (Å²) in [4.78, 5) is 17.1. The second-order valence-electron chi connectivity index (χ2n) is 8.37. The first-order valence-corrected chi connectivity index (χ1v) is 12.0. The molecule has 2 aliphatic heterocycles. The van der Waals surface area contributed by atoms with E-state index in [2.05, 4.69) is 40.2 Å². The summed E-state index contributed by atoms with van der Waals surface area (Å²) in [7, 11) is 1.94. The first kappa shape index (κ1) is 21.8. The molecule has 9 heteroatoms. The highest BCUT2D eigenvalue weighted by molar-refractivity contribution is 7.99. The smallest absolute Gasteiger partial charge is 0.233 e. The summed E-state index contributed by atoms with van der Waals surface area (Å²) in [6.45, 7) is 6.36. The molecule has 3 aromatic rings. The van der Waals surface area contributed by atoms with Crippen LogP contribution >= 0.6 is 11.8 Å². The number of rotatable bonds is 6. The molecule has 1 fully saturated rings. The van der Waals surface area contributed by atoms with Gasteiger partial charge in [0.05, 0.1) is 5.75 Å². The van der Waals surface area contributed by atoms with E-state index in [0.717, 1.165) is 60.8 Å². The Morgan fingerprint density at radius 2 is 1.85 bits per heavy atom. The summed E-state index contributed by atoms with van der Waals surface area (Å²) in [6.07, 6.45) is 0. The van der Waals surface area contributed by atoms with Gasteiger partial charge in [-0.3, -0.25) is 9.69 Å². The minimum atomic E-state index is 0.142. The third kappa shape index (κ3) is 4.84. The van der Waals surface area contributed by atoms with E-state index in [1.54, 1.807) is 0 Å². The van der Waals surface area contributed by atoms with Gasteiger partial charge >= 0.3 is 0 Å². The molecule has 0 N–H and O–H groups in total. The van der Waals surface area contributed by atoms with Crippen molar-refractivity contribution < 1.29 is 14.3 Å². The third-order valence-electron chi connectivity index (χ3n) is 6.00. The van der Waals surface area contributed by atoms with Crippen molar-refractivity contribution in [3.63, 3.8) is 0 Å². The number of nitrogens with zero attached hydrogens (tertiary/aromatic N) is 5. The standard InChI is InChI=1S/C24H27N5O3S/c1-17-4-3-5-19(12-17)23-25-26-24(27(23)2)33-15-22(30)29-10-8-28(9-11-29)14-18-6-7-20-21(13-18)32-16-31-20/h3-7,12-13H,8-11,14-16H2,1-2H3. The molecular weight excluding hydrogens is 438 g/mol. The number of benzene rings is 2. The zero-order chi connectivity index (χ0) is 22.8. The number of thioether (sulfide) groups is 1. The number of ether oxygens (including phenoxy) is 2. The zero-order valence-electron chi connectivity index (χ0n) is 18.9. The van der Waals surface area contributed by atoms with E-state index < -0.39 is 0 Å². The average Bonchev–Trinajstić information content (AvgIpc) is 3.44. The van der Waals surface area contributed by atoms with Gasteiger partial charge < -0.3 is 18.9 Å². The van der Waals surface area contributed by atoms with E-state index in [0.29, 0.717) is 12.5 Å². The molecule has 1 saturated heterocycles. The van der Waals surface area contributed by atoms with Gasteiger partial charge in [-0.1, -0.05) is 41.6 Å². The number of aryl methyl sites for hydroxylation is 1. The quantitative estimate of drug-likeness (QED) is 0.518. The lowest BCUT2D eigenvalue weighted by atomic mass is 10.1. The van der Waals surface area contributed by atoms with E-state index in [-0.39, 0.29) is 5.91 Å². The summed E-state index contributed by atoms with van der Waals surface area (Å²) in [6, 6.07) is 14.3. The van der Waals surface area contributed by atoms with Crippen molar-refractivity contribution in [2.24, 2.45) is 7.05 Å². The normalized spacial score (nSPS) is 15.8. The van der Waals surface area contributed by atoms with E-state index in [1.165, 1.54) is 22.9 Å². The summed E-state index contributed by atoms with van der Waals surface area (Å²) < 4.78 is 12.8. The van der Waals surface area contributed by atoms with Crippen LogP contribution in [0.4, 0.5) is 0 Å². The maximum Gasteiger partial charge on any atom is 0.233 e. The molecule has 33 heavy (non-hydrogen) atoms. The Morgan fingerprint density at radius 1 is 1.03 bits per heavy atom. The molecule has 172 valence electrons. The van der Waals surface area contributed by atoms with Crippen LogP contribution in [0.15, 0.2) is 47.6 Å². The maximum absolute atomic E-state index is 12.8. The Morgan fingerprint density at radius 3 is 2.67 bits per heavy atom. The first-order chi connectivity index (χ1) is 16.1. The lowest BCUT2D eigenvalue weighted by Gasteiger charge is -2.34. The summed E-state index contributed by atoms with van der Waals surface area (Å²) in [5.74, 6) is 2.93. The molecule has 2 aromatic carbocycles. The van der Waals surface area contributed by atoms with Crippen molar-refractivity contribution in [1.29, 1.82) is 0 Å². The Hall–Kier alpha value is -3.04. The van der Waals surface area contributed by atoms with Gasteiger partial charge in [-0.15, -0.1) is 10.2 Å². The van der Waals surface area contributed by atoms with Crippen molar-refractivity contribution in [2.45, 2.75) is 18.6 Å². The minimum Gasteiger partial charge on any atom is -0.454 e. The van der Waals surface area contributed by atoms with Gasteiger partial charge in [0, 0.05) is 45.3 Å². The molecule has 2 aliphatic rings. The Balaban J connectivity index is 1.12. The Kier molecular flexibility index (Phi) is 6.24. The van der Waals surface area contributed by atoms with E-state index in [9.17, 15) is 4.79 Å². The largest absolute Gasteiger partial charge is 0.454 e. The highest BCUT2D eigenvalue weighted by Crippen LogP contribution is 2.33. The first-order valence-electron chi connectivity index (χ1n) is 11.0. The van der Waals surface area contributed by atoms with Gasteiger partial charge in [-0.05, 0) is 30.7 Å². The van der Waals surface area contributed by atoms with Gasteiger partial charge in [0.15, 0.2) is 22.5 Å². The van der Waals surface area contributed by atoms with Gasteiger partial charge in [0.25, 0.3) is 0 Å². The van der Waals surface area contributed by atoms with Crippen LogP contribution in [-0.4, -0.2) is 69.2 Å². The second kappa shape index (κ2) is 9.44. The van der Waals surface area contributed by atoms with Crippen LogP contribution in [0.2, 0.25) is 0 Å². The summed E-state index contributed by atoms with van der Waals surface area (Å²) in [5.41, 5.74) is 3.40. The van der Waals surface area contributed by atoms with E-state index in [1.807, 2.05) is 40.8 Å². The highest BCUT2D eigenvalue weighted by atomic mass is 32.2. The number of carbonyl (C=O) groups is 1. The van der Waals surface area contributed by atoms with Crippen LogP contribution in [0.1, 0.15) is 11.1 Å². The predicted molar refractivity (Wildman–Crippen MR) is 126 cm³/mol. The van der Waals surface area contributed by atoms with Crippen molar-refractivity contribution in [3.8, 4) is 22.9 Å². The molecule has 0 spiro atoms. The second-order valence-corrected chi connectivity index (χ2v) is 9.31. The fourth-order valence-corrected chi connectivity index (χ4v) is 4.96. The number of hydrogen-bond donors (Lipinski definition) is 0. The number of amides is 1. The molecule has 0 saturated carbocycles. The van der Waals surface area contributed by atoms with Crippen molar-refractivity contribution in [3.05, 3.63) is 53.6 Å². The lowest BCUT2D eigenvalue weighted by Crippen LogP contribution is -2.48. The van der Waals surface area contributed by atoms with Crippen LogP contribution in [0.5, 0.6) is 11.5 Å². The topological polar surface area (TPSA) is 72.7 Å². The van der Waals surface area contributed by atoms with Crippen molar-refractivity contribution in [1.82, 2.24) is 24.6 Å². The van der Waals surface area contributed by atoms with Crippen LogP contribution < -0.4 is 9.47 Å². The summed E-state index contributed by atoms with van der Waals surface area (Å²) >= 11 is 1.44. The van der Waals surface area contributed by atoms with Gasteiger partial charge in [-0.25, -0.2) is 0 Å². The molecule has 0 bridgehead atoms. The predicted octanol–water partition coefficient (Wildman–Crippen LogP) is 2.96. The Bertz CT molecular complexity index is 1160. The molecule has 0 aliphatic carbocycles. The fraction of sp³-hybridized carbons (Fsp3) is 0.375. The van der Waals surface area contributed by atoms with Gasteiger partial charge in [-0.2, -0.15) is 0 Å². The van der Waals surface area contributed by atoms with E-state index >= 15 is 0 Å². The van der Waals surface area contributed by atoms with Crippen LogP contribution in [0.25, 0.3) is 11.4 Å². The zero-order valence-corrected chi connectivity index (χ0v) is 19.7. The SMILES string of the molecule is Cc1cccc(-c2nnc(SCC(=O)N3CCN(Cc4ccc5c(c4)OCO5)CC3)n2C)c1. The number of fused-ring (bicyclic) bond motifs is 1. The van der Waals surface area contributed by atoms with Gasteiger partial charge in [0.1, 0.15) is 0 Å². The van der Waals surface area contributed by atoms with Crippen molar-refractivity contribution >= 4 is 17.7 Å². The third-order valence-corrected chi connectivity index (χ3v) is 7.01. The van der Waals surface area contributed by atoms with Gasteiger partial charge in [0.2, 0.25) is 12.7 Å².